The minimum absolute atomic E-state index is 0.0886. The van der Waals surface area contributed by atoms with Gasteiger partial charge in [0.25, 0.3) is 5.56 Å². The van der Waals surface area contributed by atoms with Gasteiger partial charge in [0.1, 0.15) is 9.53 Å². The quantitative estimate of drug-likeness (QED) is 0.556. The van der Waals surface area contributed by atoms with Gasteiger partial charge >= 0.3 is 0 Å². The third-order valence-electron chi connectivity index (χ3n) is 4.12. The topological polar surface area (TPSA) is 67.2 Å². The van der Waals surface area contributed by atoms with E-state index in [1.54, 1.807) is 36.0 Å². The van der Waals surface area contributed by atoms with E-state index in [1.807, 2.05) is 24.3 Å². The molecule has 0 fully saturated rings. The summed E-state index contributed by atoms with van der Waals surface area (Å²) in [7, 11) is 0. The number of benzene rings is 1. The fourth-order valence-corrected chi connectivity index (χ4v) is 4.12. The maximum atomic E-state index is 13.0. The van der Waals surface area contributed by atoms with Gasteiger partial charge in [-0.3, -0.25) is 9.36 Å². The molecular formula is C19H16ClN3O2S. The van der Waals surface area contributed by atoms with Crippen LogP contribution in [0.15, 0.2) is 53.6 Å². The predicted molar refractivity (Wildman–Crippen MR) is 108 cm³/mol. The van der Waals surface area contributed by atoms with Crippen molar-refractivity contribution in [1.82, 2.24) is 9.55 Å². The highest BCUT2D eigenvalue weighted by Crippen LogP contribution is 2.35. The van der Waals surface area contributed by atoms with Gasteiger partial charge in [0.05, 0.1) is 6.10 Å². The summed E-state index contributed by atoms with van der Waals surface area (Å²) in [5, 5.41) is 15.2. The first-order valence-electron chi connectivity index (χ1n) is 8.15. The van der Waals surface area contributed by atoms with E-state index in [1.165, 1.54) is 11.3 Å². The summed E-state index contributed by atoms with van der Waals surface area (Å²) in [6, 6.07) is 10.9. The van der Waals surface area contributed by atoms with Crippen LogP contribution in [0.2, 0.25) is 5.02 Å². The molecule has 0 aliphatic heterocycles. The number of nitrogens with zero attached hydrogens (tertiary/aromatic N) is 2. The lowest BCUT2D eigenvalue weighted by molar-refractivity contribution is 0.208. The number of aliphatic hydroxyl groups excluding tert-OH is 1. The maximum Gasteiger partial charge on any atom is 0.273 e. The van der Waals surface area contributed by atoms with Crippen LogP contribution in [-0.2, 0) is 0 Å². The summed E-state index contributed by atoms with van der Waals surface area (Å²) in [5.41, 5.74) is 1.54. The Hall–Kier alpha value is -2.41. The van der Waals surface area contributed by atoms with Crippen LogP contribution in [-0.4, -0.2) is 27.3 Å². The first-order chi connectivity index (χ1) is 12.5. The number of hydrogen-bond acceptors (Lipinski definition) is 5. The Morgan fingerprint density at radius 2 is 2.04 bits per heavy atom. The Labute approximate surface area is 158 Å². The number of halogens is 1. The Bertz CT molecular complexity index is 1150. The van der Waals surface area contributed by atoms with Crippen molar-refractivity contribution in [2.75, 3.05) is 11.9 Å². The minimum atomic E-state index is -0.467. The molecular weight excluding hydrogens is 370 g/mol. The smallest absolute Gasteiger partial charge is 0.273 e. The van der Waals surface area contributed by atoms with E-state index in [0.717, 1.165) is 27.0 Å². The average molecular weight is 386 g/mol. The molecule has 0 aliphatic carbocycles. The minimum Gasteiger partial charge on any atom is -0.392 e. The van der Waals surface area contributed by atoms with E-state index in [-0.39, 0.29) is 5.56 Å². The molecule has 0 amide bonds. The molecule has 0 saturated heterocycles. The van der Waals surface area contributed by atoms with Crippen LogP contribution in [0.3, 0.4) is 0 Å². The number of aliphatic hydroxyl groups is 1. The number of fused-ring (bicyclic) bond motifs is 3. The molecule has 0 bridgehead atoms. The summed E-state index contributed by atoms with van der Waals surface area (Å²) >= 11 is 7.31. The number of hydrogen-bond donors (Lipinski definition) is 2. The first kappa shape index (κ1) is 17.0. The van der Waals surface area contributed by atoms with Gasteiger partial charge in [-0.25, -0.2) is 4.98 Å². The fraction of sp³-hybridized carbons (Fsp3) is 0.158. The second-order valence-electron chi connectivity index (χ2n) is 6.08. The Kier molecular flexibility index (Phi) is 4.40. The largest absolute Gasteiger partial charge is 0.392 e. The van der Waals surface area contributed by atoms with Gasteiger partial charge in [-0.15, -0.1) is 11.3 Å². The van der Waals surface area contributed by atoms with Gasteiger partial charge < -0.3 is 10.4 Å². The zero-order valence-electron chi connectivity index (χ0n) is 13.9. The van der Waals surface area contributed by atoms with Crippen LogP contribution in [0.25, 0.3) is 26.0 Å². The van der Waals surface area contributed by atoms with E-state index in [9.17, 15) is 9.90 Å². The fourth-order valence-electron chi connectivity index (χ4n) is 2.90. The second-order valence-corrected chi connectivity index (χ2v) is 7.52. The number of anilines is 1. The number of pyridine rings is 2. The third-order valence-corrected chi connectivity index (χ3v) is 5.48. The average Bonchev–Trinajstić information content (AvgIpc) is 3.01. The highest BCUT2D eigenvalue weighted by Gasteiger charge is 2.15. The van der Waals surface area contributed by atoms with Crippen LogP contribution in [0, 0.1) is 0 Å². The normalized spacial score (nSPS) is 12.6. The molecule has 26 heavy (non-hydrogen) atoms. The lowest BCUT2D eigenvalue weighted by Gasteiger charge is -2.10. The second kappa shape index (κ2) is 6.72. The van der Waals surface area contributed by atoms with E-state index in [4.69, 9.17) is 11.6 Å². The van der Waals surface area contributed by atoms with Crippen molar-refractivity contribution < 1.29 is 5.11 Å². The maximum absolute atomic E-state index is 13.0. The van der Waals surface area contributed by atoms with Gasteiger partial charge in [0, 0.05) is 46.1 Å². The van der Waals surface area contributed by atoms with Crippen molar-refractivity contribution in [2.24, 2.45) is 0 Å². The number of nitrogens with one attached hydrogen (secondary N) is 1. The SMILES string of the molecule is C[C@@H](O)CNc1ccnc2sc3c(=O)n(-c4ccc(Cl)cc4)ccc3c12. The van der Waals surface area contributed by atoms with Crippen molar-refractivity contribution in [3.63, 3.8) is 0 Å². The Morgan fingerprint density at radius 3 is 2.77 bits per heavy atom. The first-order valence-corrected chi connectivity index (χ1v) is 9.35. The molecule has 4 rings (SSSR count). The Balaban J connectivity index is 1.91. The molecule has 3 aromatic heterocycles. The summed E-state index contributed by atoms with van der Waals surface area (Å²) in [5.74, 6) is 0. The van der Waals surface area contributed by atoms with E-state index < -0.39 is 6.10 Å². The number of rotatable bonds is 4. The van der Waals surface area contributed by atoms with Crippen LogP contribution < -0.4 is 10.9 Å². The molecule has 132 valence electrons. The van der Waals surface area contributed by atoms with E-state index >= 15 is 0 Å². The predicted octanol–water partition coefficient (Wildman–Crippen LogP) is 4.05. The molecule has 1 aromatic carbocycles. The third kappa shape index (κ3) is 2.96. The molecule has 0 unspecified atom stereocenters. The number of aromatic nitrogens is 2. The van der Waals surface area contributed by atoms with E-state index in [2.05, 4.69) is 10.3 Å². The van der Waals surface area contributed by atoms with Crippen molar-refractivity contribution in [2.45, 2.75) is 13.0 Å². The lowest BCUT2D eigenvalue weighted by atomic mass is 10.2. The molecule has 0 saturated carbocycles. The Morgan fingerprint density at radius 1 is 1.27 bits per heavy atom. The summed E-state index contributed by atoms with van der Waals surface area (Å²) < 4.78 is 2.26. The molecule has 5 nitrogen and oxygen atoms in total. The number of thiophene rings is 1. The van der Waals surface area contributed by atoms with Crippen molar-refractivity contribution in [3.05, 3.63) is 64.2 Å². The van der Waals surface area contributed by atoms with Crippen molar-refractivity contribution in [3.8, 4) is 5.69 Å². The summed E-state index contributed by atoms with van der Waals surface area (Å²) in [6.07, 6.45) is 3.01. The summed E-state index contributed by atoms with van der Waals surface area (Å²) in [6.45, 7) is 2.15. The molecule has 0 radical (unpaired) electrons. The molecule has 0 aliphatic rings. The molecule has 2 N–H and O–H groups in total. The van der Waals surface area contributed by atoms with E-state index in [0.29, 0.717) is 16.3 Å². The van der Waals surface area contributed by atoms with Crippen LogP contribution in [0.4, 0.5) is 5.69 Å². The lowest BCUT2D eigenvalue weighted by Crippen LogP contribution is -2.16. The highest BCUT2D eigenvalue weighted by molar-refractivity contribution is 7.25. The molecule has 1 atom stereocenters. The van der Waals surface area contributed by atoms with Gasteiger partial charge in [-0.2, -0.15) is 0 Å². The van der Waals surface area contributed by atoms with Crippen LogP contribution in [0.5, 0.6) is 0 Å². The molecule has 4 aromatic rings. The van der Waals surface area contributed by atoms with Gasteiger partial charge in [0.15, 0.2) is 0 Å². The van der Waals surface area contributed by atoms with Crippen molar-refractivity contribution in [1.29, 1.82) is 0 Å². The molecule has 7 heteroatoms. The molecule has 3 heterocycles. The van der Waals surface area contributed by atoms with Gasteiger partial charge in [-0.05, 0) is 43.3 Å². The van der Waals surface area contributed by atoms with Gasteiger partial charge in [0.2, 0.25) is 0 Å². The standard InChI is InChI=1S/C19H16ClN3O2S/c1-11(24)10-22-15-6-8-21-18-16(15)14-7-9-23(19(25)17(14)26-18)13-4-2-12(20)3-5-13/h2-9,11,24H,10H2,1H3,(H,21,22)/t11-/m1/s1. The zero-order chi connectivity index (χ0) is 18.3. The zero-order valence-corrected chi connectivity index (χ0v) is 15.5. The highest BCUT2D eigenvalue weighted by atomic mass is 35.5. The van der Waals surface area contributed by atoms with Gasteiger partial charge in [-0.1, -0.05) is 11.6 Å². The summed E-state index contributed by atoms with van der Waals surface area (Å²) in [4.78, 5) is 18.2. The van der Waals surface area contributed by atoms with Crippen molar-refractivity contribution >= 4 is 48.9 Å². The molecule has 0 spiro atoms. The monoisotopic (exact) mass is 385 g/mol. The van der Waals surface area contributed by atoms with Crippen LogP contribution in [0.1, 0.15) is 6.92 Å². The van der Waals surface area contributed by atoms with Crippen LogP contribution >= 0.6 is 22.9 Å².